The van der Waals surface area contributed by atoms with Gasteiger partial charge < -0.3 is 18.6 Å². The van der Waals surface area contributed by atoms with Gasteiger partial charge in [-0.2, -0.15) is 13.2 Å². The van der Waals surface area contributed by atoms with Gasteiger partial charge in [0.1, 0.15) is 17.1 Å². The first-order valence-electron chi connectivity index (χ1n) is 8.73. The van der Waals surface area contributed by atoms with E-state index < -0.39 is 35.0 Å². The fourth-order valence-corrected chi connectivity index (χ4v) is 2.96. The minimum Gasteiger partial charge on any atom is -0.496 e. The van der Waals surface area contributed by atoms with Crippen LogP contribution in [0.25, 0.3) is 22.1 Å². The Morgan fingerprint density at radius 3 is 2.43 bits per heavy atom. The van der Waals surface area contributed by atoms with Gasteiger partial charge >= 0.3 is 12.1 Å². The fourth-order valence-electron chi connectivity index (χ4n) is 2.96. The molecule has 0 N–H and O–H groups in total. The van der Waals surface area contributed by atoms with Gasteiger partial charge in [0.15, 0.2) is 6.10 Å². The Kier molecular flexibility index (Phi) is 5.73. The SMILES string of the molecule is COC(=O)[C@@H](C)Oc1ccc2c(=O)c(-c3ccccc3OC)c(C(F)(F)F)oc2c1. The summed E-state index contributed by atoms with van der Waals surface area (Å²) in [7, 11) is 2.47. The van der Waals surface area contributed by atoms with Crippen LogP contribution < -0.4 is 14.9 Å². The van der Waals surface area contributed by atoms with Crippen molar-refractivity contribution in [3.63, 3.8) is 0 Å². The van der Waals surface area contributed by atoms with Crippen LogP contribution in [-0.4, -0.2) is 26.3 Å². The smallest absolute Gasteiger partial charge is 0.450 e. The van der Waals surface area contributed by atoms with E-state index in [1.54, 1.807) is 6.07 Å². The Morgan fingerprint density at radius 2 is 1.80 bits per heavy atom. The predicted octanol–water partition coefficient (Wildman–Crippen LogP) is 4.43. The zero-order chi connectivity index (χ0) is 22.1. The molecule has 0 unspecified atom stereocenters. The minimum absolute atomic E-state index is 0.0392. The van der Waals surface area contributed by atoms with Crippen LogP contribution in [0.2, 0.25) is 0 Å². The number of hydrogen-bond donors (Lipinski definition) is 0. The number of halogens is 3. The summed E-state index contributed by atoms with van der Waals surface area (Å²) >= 11 is 0. The summed E-state index contributed by atoms with van der Waals surface area (Å²) in [6.07, 6.45) is -5.95. The average Bonchev–Trinajstić information content (AvgIpc) is 2.72. The summed E-state index contributed by atoms with van der Waals surface area (Å²) < 4.78 is 61.5. The standard InChI is InChI=1S/C21H17F3O6/c1-11(20(26)28-3)29-12-8-9-14-16(10-12)30-19(21(22,23)24)17(18(14)25)13-6-4-5-7-15(13)27-2/h4-11H,1-3H3/t11-/m1/s1. The molecule has 6 nitrogen and oxygen atoms in total. The number of esters is 1. The van der Waals surface area contributed by atoms with Crippen molar-refractivity contribution in [2.24, 2.45) is 0 Å². The predicted molar refractivity (Wildman–Crippen MR) is 102 cm³/mol. The third-order valence-corrected chi connectivity index (χ3v) is 4.34. The number of carbonyl (C=O) groups excluding carboxylic acids is 1. The molecule has 0 radical (unpaired) electrons. The zero-order valence-electron chi connectivity index (χ0n) is 16.2. The van der Waals surface area contributed by atoms with E-state index in [2.05, 4.69) is 4.74 Å². The maximum atomic E-state index is 13.8. The van der Waals surface area contributed by atoms with E-state index >= 15 is 0 Å². The highest BCUT2D eigenvalue weighted by molar-refractivity contribution is 5.85. The molecule has 9 heteroatoms. The van der Waals surface area contributed by atoms with Gasteiger partial charge in [-0.15, -0.1) is 0 Å². The quantitative estimate of drug-likeness (QED) is 0.567. The number of methoxy groups -OCH3 is 2. The van der Waals surface area contributed by atoms with Crippen LogP contribution in [0, 0.1) is 0 Å². The molecule has 0 amide bonds. The van der Waals surface area contributed by atoms with Crippen LogP contribution in [0.5, 0.6) is 11.5 Å². The molecule has 1 aromatic heterocycles. The van der Waals surface area contributed by atoms with Crippen molar-refractivity contribution in [1.29, 1.82) is 0 Å². The fraction of sp³-hybridized carbons (Fsp3) is 0.238. The van der Waals surface area contributed by atoms with E-state index in [0.29, 0.717) is 0 Å². The van der Waals surface area contributed by atoms with E-state index in [4.69, 9.17) is 13.9 Å². The lowest BCUT2D eigenvalue weighted by molar-refractivity contribution is -0.152. The monoisotopic (exact) mass is 422 g/mol. The van der Waals surface area contributed by atoms with Crippen molar-refractivity contribution in [3.05, 3.63) is 58.4 Å². The third kappa shape index (κ3) is 3.96. The number of ether oxygens (including phenoxy) is 3. The van der Waals surface area contributed by atoms with Crippen LogP contribution in [-0.2, 0) is 15.7 Å². The van der Waals surface area contributed by atoms with Crippen molar-refractivity contribution in [2.75, 3.05) is 14.2 Å². The van der Waals surface area contributed by atoms with Crippen LogP contribution in [0.1, 0.15) is 12.7 Å². The highest BCUT2D eigenvalue weighted by Gasteiger charge is 2.40. The Bertz CT molecular complexity index is 1150. The Balaban J connectivity index is 2.24. The van der Waals surface area contributed by atoms with Crippen molar-refractivity contribution < 1.29 is 36.6 Å². The maximum absolute atomic E-state index is 13.8. The van der Waals surface area contributed by atoms with E-state index in [1.807, 2.05) is 0 Å². The second-order valence-corrected chi connectivity index (χ2v) is 6.27. The van der Waals surface area contributed by atoms with E-state index in [9.17, 15) is 22.8 Å². The Morgan fingerprint density at radius 1 is 1.10 bits per heavy atom. The number of fused-ring (bicyclic) bond motifs is 1. The molecule has 1 heterocycles. The second kappa shape index (κ2) is 8.10. The van der Waals surface area contributed by atoms with Crippen molar-refractivity contribution >= 4 is 16.9 Å². The van der Waals surface area contributed by atoms with Gasteiger partial charge in [0.25, 0.3) is 0 Å². The first-order valence-corrected chi connectivity index (χ1v) is 8.73. The van der Waals surface area contributed by atoms with E-state index in [0.717, 1.165) is 6.07 Å². The summed E-state index contributed by atoms with van der Waals surface area (Å²) in [6.45, 7) is 1.41. The lowest BCUT2D eigenvalue weighted by Crippen LogP contribution is -2.24. The lowest BCUT2D eigenvalue weighted by atomic mass is 10.0. The van der Waals surface area contributed by atoms with E-state index in [-0.39, 0.29) is 28.0 Å². The molecule has 3 rings (SSSR count). The number of hydrogen-bond acceptors (Lipinski definition) is 6. The van der Waals surface area contributed by atoms with Crippen LogP contribution in [0.4, 0.5) is 13.2 Å². The summed E-state index contributed by atoms with van der Waals surface area (Å²) in [5.74, 6) is -1.98. The molecule has 3 aromatic rings. The van der Waals surface area contributed by atoms with Crippen molar-refractivity contribution in [1.82, 2.24) is 0 Å². The Hall–Kier alpha value is -3.49. The molecule has 0 aliphatic rings. The van der Waals surface area contributed by atoms with Gasteiger partial charge in [0.2, 0.25) is 11.2 Å². The number of benzene rings is 2. The summed E-state index contributed by atoms with van der Waals surface area (Å²) in [6, 6.07) is 9.62. The minimum atomic E-state index is -4.94. The van der Waals surface area contributed by atoms with Crippen molar-refractivity contribution in [2.45, 2.75) is 19.2 Å². The first kappa shape index (κ1) is 21.2. The molecular formula is C21H17F3O6. The highest BCUT2D eigenvalue weighted by Crippen LogP contribution is 2.40. The normalized spacial score (nSPS) is 12.5. The number of carbonyl (C=O) groups is 1. The average molecular weight is 422 g/mol. The number of para-hydroxylation sites is 1. The second-order valence-electron chi connectivity index (χ2n) is 6.27. The largest absolute Gasteiger partial charge is 0.496 e. The molecule has 0 fully saturated rings. The van der Waals surface area contributed by atoms with Crippen LogP contribution in [0.15, 0.2) is 51.7 Å². The number of rotatable bonds is 5. The molecular weight excluding hydrogens is 405 g/mol. The van der Waals surface area contributed by atoms with Crippen LogP contribution in [0.3, 0.4) is 0 Å². The zero-order valence-corrected chi connectivity index (χ0v) is 16.2. The van der Waals surface area contributed by atoms with Gasteiger partial charge in [-0.1, -0.05) is 18.2 Å². The van der Waals surface area contributed by atoms with Crippen LogP contribution >= 0.6 is 0 Å². The number of alkyl halides is 3. The molecule has 0 aliphatic heterocycles. The van der Waals surface area contributed by atoms with Gasteiger partial charge in [-0.05, 0) is 25.1 Å². The summed E-state index contributed by atoms with van der Waals surface area (Å²) in [5, 5.41) is -0.0815. The molecule has 0 bridgehead atoms. The van der Waals surface area contributed by atoms with Gasteiger partial charge in [0.05, 0.1) is 25.2 Å². The molecule has 1 atom stereocenters. The van der Waals surface area contributed by atoms with E-state index in [1.165, 1.54) is 51.5 Å². The molecule has 2 aromatic carbocycles. The van der Waals surface area contributed by atoms with Gasteiger partial charge in [0, 0.05) is 11.6 Å². The summed E-state index contributed by atoms with van der Waals surface area (Å²) in [4.78, 5) is 24.5. The highest BCUT2D eigenvalue weighted by atomic mass is 19.4. The van der Waals surface area contributed by atoms with Gasteiger partial charge in [-0.3, -0.25) is 4.79 Å². The maximum Gasteiger partial charge on any atom is 0.450 e. The molecule has 0 saturated carbocycles. The lowest BCUT2D eigenvalue weighted by Gasteiger charge is -2.16. The molecule has 0 spiro atoms. The molecule has 0 saturated heterocycles. The third-order valence-electron chi connectivity index (χ3n) is 4.34. The first-order chi connectivity index (χ1) is 14.2. The molecule has 0 aliphatic carbocycles. The topological polar surface area (TPSA) is 75.0 Å². The van der Waals surface area contributed by atoms with Crippen molar-refractivity contribution in [3.8, 4) is 22.6 Å². The Labute approximate surface area is 168 Å². The molecule has 158 valence electrons. The summed E-state index contributed by atoms with van der Waals surface area (Å²) in [5.41, 5.74) is -1.90. The molecule has 30 heavy (non-hydrogen) atoms. The van der Waals surface area contributed by atoms with Gasteiger partial charge in [-0.25, -0.2) is 4.79 Å².